The van der Waals surface area contributed by atoms with Gasteiger partial charge in [-0.25, -0.2) is 0 Å². The molecular weight excluding hydrogens is 196 g/mol. The van der Waals surface area contributed by atoms with Gasteiger partial charge in [0.2, 0.25) is 5.91 Å². The monoisotopic (exact) mass is 218 g/mol. The van der Waals surface area contributed by atoms with E-state index in [9.17, 15) is 4.79 Å². The maximum atomic E-state index is 11.4. The highest BCUT2D eigenvalue weighted by Crippen LogP contribution is 2.06. The van der Waals surface area contributed by atoms with Crippen LogP contribution in [0.5, 0.6) is 0 Å². The zero-order valence-electron chi connectivity index (χ0n) is 9.38. The molecule has 2 unspecified atom stereocenters. The van der Waals surface area contributed by atoms with Gasteiger partial charge in [0.05, 0.1) is 0 Å². The first-order valence-electron chi connectivity index (χ1n) is 5.13. The highest BCUT2D eigenvalue weighted by Gasteiger charge is 2.10. The molecule has 0 aromatic rings. The maximum Gasteiger partial charge on any atom is 0.220 e. The zero-order valence-corrected chi connectivity index (χ0v) is 10.2. The van der Waals surface area contributed by atoms with E-state index < -0.39 is 0 Å². The molecule has 0 bridgehead atoms. The van der Waals surface area contributed by atoms with Crippen molar-refractivity contribution in [2.45, 2.75) is 31.9 Å². The van der Waals surface area contributed by atoms with E-state index in [-0.39, 0.29) is 5.91 Å². The van der Waals surface area contributed by atoms with Crippen LogP contribution in [0.4, 0.5) is 0 Å². The summed E-state index contributed by atoms with van der Waals surface area (Å²) >= 11 is 1.76. The molecule has 0 rings (SSSR count). The molecule has 0 aliphatic heterocycles. The van der Waals surface area contributed by atoms with Gasteiger partial charge < -0.3 is 11.1 Å². The van der Waals surface area contributed by atoms with Gasteiger partial charge in [0.15, 0.2) is 0 Å². The molecule has 0 saturated heterocycles. The second kappa shape index (κ2) is 8.12. The Kier molecular flexibility index (Phi) is 7.99. The van der Waals surface area contributed by atoms with Crippen LogP contribution in [0.15, 0.2) is 0 Å². The summed E-state index contributed by atoms with van der Waals surface area (Å²) < 4.78 is 0. The molecule has 0 radical (unpaired) electrons. The Morgan fingerprint density at radius 2 is 2.21 bits per heavy atom. The lowest BCUT2D eigenvalue weighted by Gasteiger charge is -2.13. The average molecular weight is 218 g/mol. The molecule has 4 heteroatoms. The maximum absolute atomic E-state index is 11.4. The van der Waals surface area contributed by atoms with Gasteiger partial charge in [0, 0.05) is 18.2 Å². The molecule has 0 aromatic carbocycles. The van der Waals surface area contributed by atoms with Gasteiger partial charge in [-0.1, -0.05) is 20.3 Å². The SMILES string of the molecule is CCC(CN)CC(=O)NCC(C)SC. The first-order valence-corrected chi connectivity index (χ1v) is 6.42. The number of hydrogen-bond acceptors (Lipinski definition) is 3. The molecule has 0 fully saturated rings. The number of hydrogen-bond donors (Lipinski definition) is 2. The van der Waals surface area contributed by atoms with Crippen LogP contribution in [0.2, 0.25) is 0 Å². The van der Waals surface area contributed by atoms with E-state index in [4.69, 9.17) is 5.73 Å². The minimum atomic E-state index is 0.128. The summed E-state index contributed by atoms with van der Waals surface area (Å²) in [6.07, 6.45) is 3.58. The van der Waals surface area contributed by atoms with Gasteiger partial charge in [0.1, 0.15) is 0 Å². The standard InChI is InChI=1S/C10H22N2OS/c1-4-9(6-11)5-10(13)12-7-8(2)14-3/h8-9H,4-7,11H2,1-3H3,(H,12,13). The van der Waals surface area contributed by atoms with E-state index in [0.29, 0.717) is 24.1 Å². The van der Waals surface area contributed by atoms with Crippen molar-refractivity contribution in [2.24, 2.45) is 11.7 Å². The fraction of sp³-hybridized carbons (Fsp3) is 0.900. The van der Waals surface area contributed by atoms with Crippen LogP contribution in [0.1, 0.15) is 26.7 Å². The van der Waals surface area contributed by atoms with Crippen molar-refractivity contribution in [3.8, 4) is 0 Å². The molecule has 0 aliphatic carbocycles. The average Bonchev–Trinajstić information content (AvgIpc) is 2.22. The van der Waals surface area contributed by atoms with Crippen molar-refractivity contribution in [3.63, 3.8) is 0 Å². The molecule has 14 heavy (non-hydrogen) atoms. The summed E-state index contributed by atoms with van der Waals surface area (Å²) in [4.78, 5) is 11.4. The van der Waals surface area contributed by atoms with E-state index in [1.165, 1.54) is 0 Å². The Bertz CT molecular complexity index is 160. The summed E-state index contributed by atoms with van der Waals surface area (Å²) in [5, 5.41) is 3.40. The van der Waals surface area contributed by atoms with E-state index >= 15 is 0 Å². The minimum absolute atomic E-state index is 0.128. The molecule has 84 valence electrons. The highest BCUT2D eigenvalue weighted by atomic mass is 32.2. The predicted molar refractivity (Wildman–Crippen MR) is 63.4 cm³/mol. The third-order valence-electron chi connectivity index (χ3n) is 2.37. The number of rotatable bonds is 7. The third-order valence-corrected chi connectivity index (χ3v) is 3.35. The molecular formula is C10H22N2OS. The summed E-state index contributed by atoms with van der Waals surface area (Å²) in [6.45, 7) is 5.52. The lowest BCUT2D eigenvalue weighted by atomic mass is 10.0. The third kappa shape index (κ3) is 6.27. The highest BCUT2D eigenvalue weighted by molar-refractivity contribution is 7.99. The van der Waals surface area contributed by atoms with Crippen molar-refractivity contribution in [2.75, 3.05) is 19.3 Å². The molecule has 3 nitrogen and oxygen atoms in total. The lowest BCUT2D eigenvalue weighted by Crippen LogP contribution is -2.32. The van der Waals surface area contributed by atoms with Crippen LogP contribution in [0, 0.1) is 5.92 Å². The Morgan fingerprint density at radius 3 is 2.64 bits per heavy atom. The first kappa shape index (κ1) is 13.8. The topological polar surface area (TPSA) is 55.1 Å². The van der Waals surface area contributed by atoms with Gasteiger partial charge >= 0.3 is 0 Å². The van der Waals surface area contributed by atoms with Crippen LogP contribution >= 0.6 is 11.8 Å². The summed E-state index contributed by atoms with van der Waals surface area (Å²) in [5.74, 6) is 0.461. The number of thioether (sulfide) groups is 1. The molecule has 0 aromatic heterocycles. The Labute approximate surface area is 91.2 Å². The van der Waals surface area contributed by atoms with E-state index in [0.717, 1.165) is 13.0 Å². The van der Waals surface area contributed by atoms with Crippen molar-refractivity contribution < 1.29 is 4.79 Å². The van der Waals surface area contributed by atoms with Crippen LogP contribution in [-0.4, -0.2) is 30.5 Å². The van der Waals surface area contributed by atoms with Crippen LogP contribution in [0.3, 0.4) is 0 Å². The fourth-order valence-electron chi connectivity index (χ4n) is 1.07. The van der Waals surface area contributed by atoms with Crippen LogP contribution < -0.4 is 11.1 Å². The number of nitrogens with two attached hydrogens (primary N) is 1. The number of carbonyl (C=O) groups excluding carboxylic acids is 1. The molecule has 3 N–H and O–H groups in total. The van der Waals surface area contributed by atoms with Crippen LogP contribution in [-0.2, 0) is 4.79 Å². The lowest BCUT2D eigenvalue weighted by molar-refractivity contribution is -0.121. The minimum Gasteiger partial charge on any atom is -0.355 e. The summed E-state index contributed by atoms with van der Waals surface area (Å²) in [6, 6.07) is 0. The second-order valence-corrected chi connectivity index (χ2v) is 4.84. The van der Waals surface area contributed by atoms with Gasteiger partial charge in [-0.2, -0.15) is 11.8 Å². The quantitative estimate of drug-likeness (QED) is 0.676. The fourth-order valence-corrected chi connectivity index (χ4v) is 1.32. The van der Waals surface area contributed by atoms with Crippen molar-refractivity contribution in [3.05, 3.63) is 0 Å². The van der Waals surface area contributed by atoms with E-state index in [1.54, 1.807) is 11.8 Å². The molecule has 0 heterocycles. The molecule has 0 spiro atoms. The van der Waals surface area contributed by atoms with E-state index in [1.807, 2.05) is 6.26 Å². The van der Waals surface area contributed by atoms with Crippen molar-refractivity contribution >= 4 is 17.7 Å². The van der Waals surface area contributed by atoms with Gasteiger partial charge in [-0.05, 0) is 18.7 Å². The molecule has 0 aliphatic rings. The van der Waals surface area contributed by atoms with Gasteiger partial charge in [0.25, 0.3) is 0 Å². The molecule has 0 saturated carbocycles. The normalized spacial score (nSPS) is 14.9. The molecule has 2 atom stereocenters. The van der Waals surface area contributed by atoms with Crippen molar-refractivity contribution in [1.82, 2.24) is 5.32 Å². The second-order valence-electron chi connectivity index (χ2n) is 3.56. The Morgan fingerprint density at radius 1 is 1.57 bits per heavy atom. The number of nitrogens with one attached hydrogen (secondary N) is 1. The van der Waals surface area contributed by atoms with Crippen molar-refractivity contribution in [1.29, 1.82) is 0 Å². The Hall–Kier alpha value is -0.220. The van der Waals surface area contributed by atoms with Crippen LogP contribution in [0.25, 0.3) is 0 Å². The number of carbonyl (C=O) groups is 1. The molecule has 1 amide bonds. The van der Waals surface area contributed by atoms with E-state index in [2.05, 4.69) is 19.2 Å². The Balaban J connectivity index is 3.64. The van der Waals surface area contributed by atoms with Gasteiger partial charge in [-0.3, -0.25) is 4.79 Å². The predicted octanol–water partition coefficient (Wildman–Crippen LogP) is 1.23. The largest absolute Gasteiger partial charge is 0.355 e. The smallest absolute Gasteiger partial charge is 0.220 e. The van der Waals surface area contributed by atoms with Gasteiger partial charge in [-0.15, -0.1) is 0 Å². The number of amides is 1. The summed E-state index contributed by atoms with van der Waals surface area (Å²) in [5.41, 5.74) is 5.53. The first-order chi connectivity index (χ1) is 6.63. The summed E-state index contributed by atoms with van der Waals surface area (Å²) in [7, 11) is 0. The zero-order chi connectivity index (χ0) is 11.0.